The second-order valence-corrected chi connectivity index (χ2v) is 8.29. The summed E-state index contributed by atoms with van der Waals surface area (Å²) in [6.07, 6.45) is 1.58. The smallest absolute Gasteiger partial charge is 0.261 e. The van der Waals surface area contributed by atoms with Gasteiger partial charge in [0.05, 0.1) is 4.90 Å². The highest BCUT2D eigenvalue weighted by molar-refractivity contribution is 7.92. The maximum atomic E-state index is 12.9. The predicted molar refractivity (Wildman–Crippen MR) is 117 cm³/mol. The summed E-state index contributed by atoms with van der Waals surface area (Å²) in [5.74, 6) is -0.336. The van der Waals surface area contributed by atoms with Gasteiger partial charge in [0.1, 0.15) is 0 Å². The van der Waals surface area contributed by atoms with E-state index in [0.717, 1.165) is 29.7 Å². The van der Waals surface area contributed by atoms with Crippen LogP contribution in [0.5, 0.6) is 0 Å². The van der Waals surface area contributed by atoms with E-state index in [2.05, 4.69) is 10.0 Å². The van der Waals surface area contributed by atoms with Crippen molar-refractivity contribution in [1.29, 1.82) is 0 Å². The molecule has 0 aromatic heterocycles. The Kier molecular flexibility index (Phi) is 6.34. The van der Waals surface area contributed by atoms with Crippen molar-refractivity contribution in [3.63, 3.8) is 0 Å². The Balaban J connectivity index is 1.87. The van der Waals surface area contributed by atoms with Crippen LogP contribution in [-0.4, -0.2) is 14.3 Å². The Morgan fingerprint density at radius 2 is 1.45 bits per heavy atom. The van der Waals surface area contributed by atoms with Gasteiger partial charge >= 0.3 is 0 Å². The number of sulfonamides is 1. The second kappa shape index (κ2) is 8.92. The number of aryl methyl sites for hydroxylation is 2. The minimum atomic E-state index is -3.80. The number of amides is 1. The van der Waals surface area contributed by atoms with Gasteiger partial charge in [-0.25, -0.2) is 8.42 Å². The number of nitrogens with one attached hydrogen (secondary N) is 2. The van der Waals surface area contributed by atoms with Crippen molar-refractivity contribution < 1.29 is 13.2 Å². The van der Waals surface area contributed by atoms with Crippen LogP contribution >= 0.6 is 0 Å². The van der Waals surface area contributed by atoms with Crippen LogP contribution in [0.4, 0.5) is 11.4 Å². The molecule has 0 aliphatic carbocycles. The van der Waals surface area contributed by atoms with Crippen LogP contribution in [0.2, 0.25) is 0 Å². The molecule has 0 fully saturated rings. The normalized spacial score (nSPS) is 11.1. The van der Waals surface area contributed by atoms with Crippen molar-refractivity contribution in [3.05, 3.63) is 89.5 Å². The first-order valence-corrected chi connectivity index (χ1v) is 11.0. The molecule has 0 unspecified atom stereocenters. The second-order valence-electron chi connectivity index (χ2n) is 6.61. The molecule has 1 amide bonds. The Labute approximate surface area is 171 Å². The molecule has 3 aromatic rings. The Bertz CT molecular complexity index is 1090. The van der Waals surface area contributed by atoms with Crippen molar-refractivity contribution in [2.24, 2.45) is 0 Å². The molecule has 2 N–H and O–H groups in total. The minimum Gasteiger partial charge on any atom is -0.321 e. The number of para-hydroxylation sites is 2. The number of rotatable bonds is 7. The number of hydrogen-bond acceptors (Lipinski definition) is 3. The summed E-state index contributed by atoms with van der Waals surface area (Å²) in [5.41, 5.74) is 3.65. The van der Waals surface area contributed by atoms with Gasteiger partial charge in [-0.3, -0.25) is 9.52 Å². The van der Waals surface area contributed by atoms with Crippen LogP contribution in [0.15, 0.2) is 77.7 Å². The lowest BCUT2D eigenvalue weighted by Gasteiger charge is -2.15. The van der Waals surface area contributed by atoms with Gasteiger partial charge in [0.2, 0.25) is 0 Å². The lowest BCUT2D eigenvalue weighted by molar-refractivity contribution is 0.102. The van der Waals surface area contributed by atoms with E-state index in [4.69, 9.17) is 0 Å². The van der Waals surface area contributed by atoms with E-state index in [1.165, 1.54) is 12.1 Å². The van der Waals surface area contributed by atoms with Crippen molar-refractivity contribution in [3.8, 4) is 0 Å². The number of carbonyl (C=O) groups excluding carboxylic acids is 1. The highest BCUT2D eigenvalue weighted by Gasteiger charge is 2.17. The first kappa shape index (κ1) is 20.6. The Hall–Kier alpha value is -3.12. The van der Waals surface area contributed by atoms with Crippen molar-refractivity contribution in [2.45, 2.75) is 31.6 Å². The lowest BCUT2D eigenvalue weighted by Crippen LogP contribution is -2.17. The Morgan fingerprint density at radius 3 is 2.07 bits per heavy atom. The molecular formula is C23H24N2O3S. The summed E-state index contributed by atoms with van der Waals surface area (Å²) in [5, 5.41) is 2.97. The molecule has 0 heterocycles. The lowest BCUT2D eigenvalue weighted by atomic mass is 10.0. The summed E-state index contributed by atoms with van der Waals surface area (Å²) in [6, 6.07) is 20.6. The monoisotopic (exact) mass is 408 g/mol. The minimum absolute atomic E-state index is 0.0356. The van der Waals surface area contributed by atoms with Crippen LogP contribution in [0.25, 0.3) is 0 Å². The average molecular weight is 409 g/mol. The number of hydrogen-bond donors (Lipinski definition) is 2. The van der Waals surface area contributed by atoms with Gasteiger partial charge in [0.15, 0.2) is 0 Å². The van der Waals surface area contributed by atoms with Gasteiger partial charge in [-0.05, 0) is 54.3 Å². The molecule has 0 spiro atoms. The summed E-state index contributed by atoms with van der Waals surface area (Å²) in [7, 11) is -3.80. The predicted octanol–water partition coefficient (Wildman–Crippen LogP) is 4.86. The molecule has 0 aliphatic rings. The zero-order valence-electron chi connectivity index (χ0n) is 16.5. The summed E-state index contributed by atoms with van der Waals surface area (Å²) >= 11 is 0. The third-order valence-electron chi connectivity index (χ3n) is 4.67. The molecule has 0 bridgehead atoms. The summed E-state index contributed by atoms with van der Waals surface area (Å²) in [4.78, 5) is 12.9. The average Bonchev–Trinajstić information content (AvgIpc) is 2.74. The van der Waals surface area contributed by atoms with E-state index in [9.17, 15) is 13.2 Å². The molecule has 0 saturated heterocycles. The number of carbonyl (C=O) groups is 1. The SMILES string of the molecule is CCc1cccc(CC)c1NC(=O)c1cccc(S(=O)(=O)Nc2ccccc2)c1. The molecule has 5 nitrogen and oxygen atoms in total. The fraction of sp³-hybridized carbons (Fsp3) is 0.174. The first-order valence-electron chi connectivity index (χ1n) is 9.54. The van der Waals surface area contributed by atoms with Gasteiger partial charge in [-0.2, -0.15) is 0 Å². The van der Waals surface area contributed by atoms with Crippen molar-refractivity contribution in [1.82, 2.24) is 0 Å². The molecule has 0 saturated carbocycles. The molecule has 0 radical (unpaired) electrons. The highest BCUT2D eigenvalue weighted by atomic mass is 32.2. The van der Waals surface area contributed by atoms with E-state index in [0.29, 0.717) is 5.69 Å². The molecule has 0 atom stereocenters. The van der Waals surface area contributed by atoms with Gasteiger partial charge in [0.25, 0.3) is 15.9 Å². The molecule has 150 valence electrons. The van der Waals surface area contributed by atoms with Crippen molar-refractivity contribution in [2.75, 3.05) is 10.0 Å². The topological polar surface area (TPSA) is 75.3 Å². The molecule has 6 heteroatoms. The molecule has 0 aliphatic heterocycles. The van der Waals surface area contributed by atoms with Gasteiger partial charge in [0, 0.05) is 16.9 Å². The zero-order chi connectivity index (χ0) is 20.9. The standard InChI is InChI=1S/C23H24N2O3S/c1-3-17-10-8-11-18(4-2)22(17)24-23(26)19-12-9-15-21(16-19)29(27,28)25-20-13-6-5-7-14-20/h5-16,25H,3-4H2,1-2H3,(H,24,26). The molecular weight excluding hydrogens is 384 g/mol. The summed E-state index contributed by atoms with van der Waals surface area (Å²) < 4.78 is 27.9. The Morgan fingerprint density at radius 1 is 0.828 bits per heavy atom. The zero-order valence-corrected chi connectivity index (χ0v) is 17.3. The van der Waals surface area contributed by atoms with Crippen LogP contribution in [0.3, 0.4) is 0 Å². The molecule has 3 rings (SSSR count). The van der Waals surface area contributed by atoms with E-state index >= 15 is 0 Å². The van der Waals surface area contributed by atoms with Crippen molar-refractivity contribution >= 4 is 27.3 Å². The first-order chi connectivity index (χ1) is 13.9. The van der Waals surface area contributed by atoms with E-state index in [1.54, 1.807) is 36.4 Å². The van der Waals surface area contributed by atoms with Crippen LogP contribution in [0.1, 0.15) is 35.3 Å². The largest absolute Gasteiger partial charge is 0.321 e. The maximum absolute atomic E-state index is 12.9. The van der Waals surface area contributed by atoms with Crippen LogP contribution < -0.4 is 10.0 Å². The third kappa shape index (κ3) is 4.84. The van der Waals surface area contributed by atoms with Crippen LogP contribution in [-0.2, 0) is 22.9 Å². The van der Waals surface area contributed by atoms with Gasteiger partial charge in [-0.1, -0.05) is 56.3 Å². The fourth-order valence-corrected chi connectivity index (χ4v) is 4.22. The quantitative estimate of drug-likeness (QED) is 0.586. The maximum Gasteiger partial charge on any atom is 0.261 e. The third-order valence-corrected chi connectivity index (χ3v) is 6.05. The van der Waals surface area contributed by atoms with E-state index < -0.39 is 10.0 Å². The number of anilines is 2. The highest BCUT2D eigenvalue weighted by Crippen LogP contribution is 2.24. The van der Waals surface area contributed by atoms with E-state index in [-0.39, 0.29) is 16.4 Å². The van der Waals surface area contributed by atoms with Gasteiger partial charge in [-0.15, -0.1) is 0 Å². The van der Waals surface area contributed by atoms with E-state index in [1.807, 2.05) is 38.1 Å². The van der Waals surface area contributed by atoms with Gasteiger partial charge < -0.3 is 5.32 Å². The molecule has 29 heavy (non-hydrogen) atoms. The fourth-order valence-electron chi connectivity index (χ4n) is 3.11. The van der Waals surface area contributed by atoms with Crippen LogP contribution in [0, 0.1) is 0 Å². The molecule has 3 aromatic carbocycles. The number of benzene rings is 3. The summed E-state index contributed by atoms with van der Waals surface area (Å²) in [6.45, 7) is 4.07.